The first-order chi connectivity index (χ1) is 16.2. The molecule has 176 valence electrons. The van der Waals surface area contributed by atoms with Crippen molar-refractivity contribution in [2.24, 2.45) is 0 Å². The summed E-state index contributed by atoms with van der Waals surface area (Å²) in [7, 11) is 3.75. The van der Waals surface area contributed by atoms with Crippen molar-refractivity contribution in [3.8, 4) is 29.0 Å². The van der Waals surface area contributed by atoms with Crippen molar-refractivity contribution in [3.63, 3.8) is 0 Å². The van der Waals surface area contributed by atoms with Gasteiger partial charge in [0.05, 0.1) is 43.6 Å². The van der Waals surface area contributed by atoms with E-state index < -0.39 is 40.7 Å². The second kappa shape index (κ2) is 9.83. The van der Waals surface area contributed by atoms with E-state index in [1.165, 1.54) is 25.7 Å². The van der Waals surface area contributed by atoms with Crippen LogP contribution in [-0.2, 0) is 16.1 Å². The van der Waals surface area contributed by atoms with Crippen LogP contribution in [0.5, 0.6) is 11.5 Å². The molecule has 0 atom stereocenters. The van der Waals surface area contributed by atoms with Crippen LogP contribution in [0.15, 0.2) is 26.7 Å². The Morgan fingerprint density at radius 3 is 2.56 bits per heavy atom. The minimum Gasteiger partial charge on any atom is -0.493 e. The summed E-state index contributed by atoms with van der Waals surface area (Å²) >= 11 is 0.897. The fraction of sp³-hybridized carbons (Fsp3) is 0.211. The van der Waals surface area contributed by atoms with E-state index in [-0.39, 0.29) is 33.2 Å². The monoisotopic (exact) mass is 489 g/mol. The molecule has 1 N–H and O–H groups in total. The van der Waals surface area contributed by atoms with E-state index in [2.05, 4.69) is 15.2 Å². The number of nitriles is 1. The lowest BCUT2D eigenvalue weighted by Gasteiger charge is -2.08. The topological polar surface area (TPSA) is 189 Å². The number of nitrogens with zero attached hydrogens (tertiary/aromatic N) is 4. The number of amides is 1. The number of thiophene rings is 1. The molecule has 1 aromatic carbocycles. The third-order valence-electron chi connectivity index (χ3n) is 4.38. The average Bonchev–Trinajstić information content (AvgIpc) is 3.40. The predicted octanol–water partition coefficient (Wildman–Crippen LogP) is 1.79. The van der Waals surface area contributed by atoms with E-state index in [4.69, 9.17) is 13.9 Å². The number of esters is 1. The summed E-state index contributed by atoms with van der Waals surface area (Å²) in [5, 5.41) is 28.3. The van der Waals surface area contributed by atoms with Crippen LogP contribution in [0, 0.1) is 21.4 Å². The molecule has 0 radical (unpaired) electrons. The molecule has 0 saturated carbocycles. The van der Waals surface area contributed by atoms with Gasteiger partial charge in [0.15, 0.2) is 11.5 Å². The van der Waals surface area contributed by atoms with Crippen molar-refractivity contribution in [2.45, 2.75) is 6.54 Å². The molecule has 34 heavy (non-hydrogen) atoms. The number of anilines is 1. The number of nitro benzene ring substituents is 1. The standard InChI is InChI=1S/C19H15N5O9S/c1-30-12-4-10(11(24(28)29)5-13(12)31-2)17-22-23(19(27)33-17)7-14(25)21-15-9(6-20)8-34-16(15)18(26)32-3/h4-5,8H,7H2,1-3H3,(H,21,25). The van der Waals surface area contributed by atoms with Crippen molar-refractivity contribution >= 4 is 34.6 Å². The molecule has 0 aliphatic heterocycles. The van der Waals surface area contributed by atoms with Crippen LogP contribution in [-0.4, -0.2) is 47.9 Å². The van der Waals surface area contributed by atoms with Gasteiger partial charge in [-0.25, -0.2) is 9.59 Å². The molecule has 0 aliphatic rings. The van der Waals surface area contributed by atoms with Crippen molar-refractivity contribution in [1.29, 1.82) is 5.26 Å². The number of nitro groups is 1. The van der Waals surface area contributed by atoms with E-state index in [0.29, 0.717) is 4.68 Å². The Balaban J connectivity index is 1.93. The minimum atomic E-state index is -1.08. The summed E-state index contributed by atoms with van der Waals surface area (Å²) in [6.45, 7) is -0.676. The van der Waals surface area contributed by atoms with Gasteiger partial charge in [-0.2, -0.15) is 9.94 Å². The quantitative estimate of drug-likeness (QED) is 0.276. The SMILES string of the molecule is COC(=O)c1scc(C#N)c1NC(=O)Cn1nc(-c2cc(OC)c(OC)cc2[N+](=O)[O-])oc1=O. The summed E-state index contributed by atoms with van der Waals surface area (Å²) in [5.41, 5.74) is -0.712. The molecular formula is C19H15N5O9S. The van der Waals surface area contributed by atoms with Gasteiger partial charge in [-0.3, -0.25) is 14.9 Å². The maximum atomic E-state index is 12.5. The lowest BCUT2D eigenvalue weighted by atomic mass is 10.1. The fourth-order valence-electron chi connectivity index (χ4n) is 2.83. The molecule has 2 heterocycles. The first kappa shape index (κ1) is 23.9. The van der Waals surface area contributed by atoms with Crippen molar-refractivity contribution in [1.82, 2.24) is 9.78 Å². The lowest BCUT2D eigenvalue weighted by Crippen LogP contribution is -2.26. The van der Waals surface area contributed by atoms with Gasteiger partial charge in [0.2, 0.25) is 5.91 Å². The zero-order valence-electron chi connectivity index (χ0n) is 17.8. The molecule has 0 unspecified atom stereocenters. The van der Waals surface area contributed by atoms with Gasteiger partial charge >= 0.3 is 11.7 Å². The molecule has 3 rings (SSSR count). The third-order valence-corrected chi connectivity index (χ3v) is 5.34. The van der Waals surface area contributed by atoms with Gasteiger partial charge in [0.25, 0.3) is 11.6 Å². The molecule has 15 heteroatoms. The van der Waals surface area contributed by atoms with Crippen LogP contribution in [0.3, 0.4) is 0 Å². The number of aromatic nitrogens is 2. The lowest BCUT2D eigenvalue weighted by molar-refractivity contribution is -0.384. The summed E-state index contributed by atoms with van der Waals surface area (Å²) < 4.78 is 20.4. The van der Waals surface area contributed by atoms with Gasteiger partial charge in [-0.05, 0) is 0 Å². The Bertz CT molecular complexity index is 1380. The van der Waals surface area contributed by atoms with Crippen LogP contribution < -0.4 is 20.5 Å². The maximum Gasteiger partial charge on any atom is 0.437 e. The highest BCUT2D eigenvalue weighted by Crippen LogP contribution is 2.39. The van der Waals surface area contributed by atoms with Gasteiger partial charge in [-0.15, -0.1) is 16.4 Å². The third kappa shape index (κ3) is 4.56. The van der Waals surface area contributed by atoms with Crippen molar-refractivity contribution < 1.29 is 33.1 Å². The van der Waals surface area contributed by atoms with E-state index >= 15 is 0 Å². The second-order valence-corrected chi connectivity index (χ2v) is 7.20. The molecule has 2 aromatic heterocycles. The van der Waals surface area contributed by atoms with E-state index in [9.17, 15) is 29.8 Å². The predicted molar refractivity (Wildman–Crippen MR) is 115 cm³/mol. The molecule has 0 bridgehead atoms. The highest BCUT2D eigenvalue weighted by molar-refractivity contribution is 7.12. The van der Waals surface area contributed by atoms with Gasteiger partial charge in [0, 0.05) is 11.4 Å². The number of hydrogen-bond acceptors (Lipinski definition) is 12. The number of nitrogens with one attached hydrogen (secondary N) is 1. The number of rotatable bonds is 8. The van der Waals surface area contributed by atoms with Gasteiger partial charge in [-0.1, -0.05) is 0 Å². The first-order valence-corrected chi connectivity index (χ1v) is 10.00. The van der Waals surface area contributed by atoms with Crippen LogP contribution >= 0.6 is 11.3 Å². The first-order valence-electron chi connectivity index (χ1n) is 9.12. The fourth-order valence-corrected chi connectivity index (χ4v) is 3.69. The molecule has 0 fully saturated rings. The van der Waals surface area contributed by atoms with Crippen LogP contribution in [0.4, 0.5) is 11.4 Å². The highest BCUT2D eigenvalue weighted by Gasteiger charge is 2.26. The van der Waals surface area contributed by atoms with Crippen LogP contribution in [0.2, 0.25) is 0 Å². The molecule has 1 amide bonds. The second-order valence-electron chi connectivity index (χ2n) is 6.32. The number of hydrogen-bond donors (Lipinski definition) is 1. The van der Waals surface area contributed by atoms with Crippen molar-refractivity contribution in [2.75, 3.05) is 26.6 Å². The normalized spacial score (nSPS) is 10.3. The molecule has 3 aromatic rings. The summed E-state index contributed by atoms with van der Waals surface area (Å²) in [6, 6.07) is 4.12. The van der Waals surface area contributed by atoms with Gasteiger partial charge < -0.3 is 23.9 Å². The van der Waals surface area contributed by atoms with Gasteiger partial charge in [0.1, 0.15) is 23.1 Å². The molecule has 14 nitrogen and oxygen atoms in total. The summed E-state index contributed by atoms with van der Waals surface area (Å²) in [4.78, 5) is 47.4. The number of methoxy groups -OCH3 is 3. The summed E-state index contributed by atoms with van der Waals surface area (Å²) in [5.74, 6) is -2.89. The maximum absolute atomic E-state index is 12.5. The van der Waals surface area contributed by atoms with E-state index in [0.717, 1.165) is 24.5 Å². The zero-order chi connectivity index (χ0) is 25.0. The number of carbonyl (C=O) groups is 2. The molecule has 0 aliphatic carbocycles. The zero-order valence-corrected chi connectivity index (χ0v) is 18.6. The number of carbonyl (C=O) groups excluding carboxylic acids is 2. The largest absolute Gasteiger partial charge is 0.493 e. The molecule has 0 saturated heterocycles. The van der Waals surface area contributed by atoms with E-state index in [1.807, 2.05) is 6.07 Å². The van der Waals surface area contributed by atoms with E-state index in [1.54, 1.807) is 0 Å². The number of benzene rings is 1. The van der Waals surface area contributed by atoms with Crippen LogP contribution in [0.1, 0.15) is 15.2 Å². The molecule has 0 spiro atoms. The Morgan fingerprint density at radius 1 is 1.29 bits per heavy atom. The molecular weight excluding hydrogens is 474 g/mol. The average molecular weight is 489 g/mol. The van der Waals surface area contributed by atoms with Crippen LogP contribution in [0.25, 0.3) is 11.5 Å². The smallest absolute Gasteiger partial charge is 0.437 e. The Morgan fingerprint density at radius 2 is 1.97 bits per heavy atom. The Kier molecular flexibility index (Phi) is 6.92. The van der Waals surface area contributed by atoms with Crippen molar-refractivity contribution in [3.05, 3.63) is 48.6 Å². The Hall–Kier alpha value is -4.71. The Labute approximate surface area is 194 Å². The highest BCUT2D eigenvalue weighted by atomic mass is 32.1. The number of ether oxygens (including phenoxy) is 3. The summed E-state index contributed by atoms with van der Waals surface area (Å²) in [6.07, 6.45) is 0. The minimum absolute atomic E-state index is 0.0125.